The van der Waals surface area contributed by atoms with Crippen LogP contribution in [0.15, 0.2) is 53.6 Å². The molecule has 20 heteroatoms. The number of hydrogen-bond donors (Lipinski definition) is 4. The van der Waals surface area contributed by atoms with E-state index in [0.717, 1.165) is 85.7 Å². The normalized spacial score (nSPS) is 14.6. The Morgan fingerprint density at radius 2 is 1.29 bits per heavy atom. The number of benzene rings is 2. The molecule has 0 spiro atoms. The van der Waals surface area contributed by atoms with Gasteiger partial charge in [0.2, 0.25) is 5.88 Å². The number of nitrogen functional groups attached to an aromatic ring is 1. The van der Waals surface area contributed by atoms with Gasteiger partial charge < -0.3 is 36.1 Å². The number of H-pyrrole nitrogens is 1. The number of hydrogen-bond acceptors (Lipinski definition) is 12. The number of anilines is 1. The minimum absolute atomic E-state index is 0.108. The third-order valence-corrected chi connectivity index (χ3v) is 11.5. The molecule has 2 aliphatic heterocycles. The van der Waals surface area contributed by atoms with Gasteiger partial charge in [-0.3, -0.25) is 19.6 Å². The van der Waals surface area contributed by atoms with Crippen LogP contribution in [-0.2, 0) is 0 Å². The minimum atomic E-state index is -0.610. The second-order valence-electron chi connectivity index (χ2n) is 16.4. The highest BCUT2D eigenvalue weighted by molar-refractivity contribution is 15.0. The van der Waals surface area contributed by atoms with E-state index in [2.05, 4.69) is 84.2 Å². The molecule has 1 amide bonds. The second kappa shape index (κ2) is 23.7. The number of aryl methyl sites for hydroxylation is 4. The number of aromatic nitrogens is 8. The molecule has 6 N–H and O–H groups in total. The van der Waals surface area contributed by atoms with Crippen LogP contribution in [0.25, 0.3) is 33.5 Å². The fourth-order valence-electron chi connectivity index (χ4n) is 8.16. The van der Waals surface area contributed by atoms with Gasteiger partial charge in [0, 0.05) is 61.7 Å². The Hall–Kier alpha value is -4.91. The van der Waals surface area contributed by atoms with E-state index in [4.69, 9.17) is 21.3 Å². The molecule has 66 heavy (non-hydrogen) atoms. The van der Waals surface area contributed by atoms with Gasteiger partial charge in [-0.05, 0) is 148 Å². The molecular formula is C46H58F2I2N12O4. The molecule has 0 saturated carbocycles. The van der Waals surface area contributed by atoms with Gasteiger partial charge in [0.05, 0.1) is 69.8 Å². The maximum Gasteiger partial charge on any atom is 0.259 e. The lowest BCUT2D eigenvalue weighted by atomic mass is 9.88. The number of aliphatic hydroxyl groups is 1. The average Bonchev–Trinajstić information content (AvgIpc) is 3.91. The Labute approximate surface area is 405 Å². The maximum absolute atomic E-state index is 14.9. The van der Waals surface area contributed by atoms with Gasteiger partial charge in [0.1, 0.15) is 17.3 Å². The van der Waals surface area contributed by atoms with Crippen LogP contribution >= 0.6 is 37.2 Å². The van der Waals surface area contributed by atoms with Gasteiger partial charge in [0.15, 0.2) is 5.82 Å². The highest BCUT2D eigenvalue weighted by atomic mass is 128. The number of methoxy groups -OCH3 is 1. The Kier molecular flexibility index (Phi) is 18.7. The minimum Gasteiger partial charge on any atom is -0.480 e. The SMILES string of the molecule is CCO.CN1CCC(c2cc(C(N)=O)c(N)cc2F)CC1.COc1cc2c(C)nc(C)cn2n1.Cc1cn2nc(-c3nc4cc(F)c(C5CCN(C)CC5)cc4c(=O)[nH]3)cc2c(C)n1.II. The summed E-state index contributed by atoms with van der Waals surface area (Å²) in [4.78, 5) is 44.6. The number of aromatic amines is 1. The highest BCUT2D eigenvalue weighted by Crippen LogP contribution is 2.33. The quantitative estimate of drug-likeness (QED) is 0.0968. The first-order chi connectivity index (χ1) is 31.5. The number of nitrogens with zero attached hydrogens (tertiary/aromatic N) is 9. The number of fused-ring (bicyclic) bond motifs is 3. The number of aliphatic hydroxyl groups excluding tert-OH is 1. The smallest absolute Gasteiger partial charge is 0.259 e. The van der Waals surface area contributed by atoms with Gasteiger partial charge in [0.25, 0.3) is 11.5 Å². The summed E-state index contributed by atoms with van der Waals surface area (Å²) in [5.41, 5.74) is 18.3. The number of rotatable bonds is 5. The third kappa shape index (κ3) is 12.7. The highest BCUT2D eigenvalue weighted by Gasteiger charge is 2.25. The molecule has 0 atom stereocenters. The first-order valence-corrected chi connectivity index (χ1v) is 27.7. The first kappa shape index (κ1) is 52.1. The number of carbonyl (C=O) groups is 1. The largest absolute Gasteiger partial charge is 0.480 e. The molecule has 2 fully saturated rings. The predicted octanol–water partition coefficient (Wildman–Crippen LogP) is 7.64. The molecule has 0 aliphatic carbocycles. The van der Waals surface area contributed by atoms with Crippen molar-refractivity contribution < 1.29 is 23.4 Å². The van der Waals surface area contributed by atoms with Gasteiger partial charge in [-0.25, -0.2) is 22.8 Å². The molecule has 0 bridgehead atoms. The monoisotopic (exact) mass is 1130 g/mol. The van der Waals surface area contributed by atoms with Crippen LogP contribution in [0.3, 0.4) is 0 Å². The molecule has 354 valence electrons. The van der Waals surface area contributed by atoms with Crippen molar-refractivity contribution in [1.29, 1.82) is 0 Å². The zero-order valence-electron chi connectivity index (χ0n) is 38.5. The van der Waals surface area contributed by atoms with Crippen LogP contribution in [0.2, 0.25) is 0 Å². The average molecular weight is 1130 g/mol. The number of piperidine rings is 2. The molecule has 0 unspecified atom stereocenters. The number of carbonyl (C=O) groups excluding carboxylic acids is 1. The van der Waals surface area contributed by atoms with E-state index in [-0.39, 0.29) is 46.9 Å². The van der Waals surface area contributed by atoms with Crippen molar-refractivity contribution in [2.24, 2.45) is 5.73 Å². The van der Waals surface area contributed by atoms with E-state index in [0.29, 0.717) is 39.4 Å². The molecule has 0 radical (unpaired) electrons. The summed E-state index contributed by atoms with van der Waals surface area (Å²) in [5.74, 6) is -0.0440. The first-order valence-electron chi connectivity index (χ1n) is 21.5. The van der Waals surface area contributed by atoms with Crippen molar-refractivity contribution in [3.8, 4) is 17.4 Å². The van der Waals surface area contributed by atoms with E-state index >= 15 is 0 Å². The Bertz CT molecular complexity index is 2840. The van der Waals surface area contributed by atoms with E-state index in [1.165, 1.54) is 18.2 Å². The summed E-state index contributed by atoms with van der Waals surface area (Å²) in [6, 6.07) is 9.49. The fourth-order valence-corrected chi connectivity index (χ4v) is 8.16. The lowest BCUT2D eigenvalue weighted by Crippen LogP contribution is -2.29. The van der Waals surface area contributed by atoms with E-state index in [1.807, 2.05) is 59.3 Å². The van der Waals surface area contributed by atoms with Crippen molar-refractivity contribution in [2.75, 3.05) is 59.7 Å². The molecule has 7 aromatic rings. The summed E-state index contributed by atoms with van der Waals surface area (Å²) < 4.78 is 37.4. The van der Waals surface area contributed by atoms with Gasteiger partial charge >= 0.3 is 0 Å². The van der Waals surface area contributed by atoms with Crippen molar-refractivity contribution in [3.05, 3.63) is 110 Å². The van der Waals surface area contributed by atoms with Crippen LogP contribution in [0, 0.1) is 39.3 Å². The van der Waals surface area contributed by atoms with Crippen molar-refractivity contribution >= 4 is 70.8 Å². The second-order valence-corrected chi connectivity index (χ2v) is 16.4. The summed E-state index contributed by atoms with van der Waals surface area (Å²) in [6.45, 7) is 13.4. The maximum atomic E-state index is 14.9. The summed E-state index contributed by atoms with van der Waals surface area (Å²) in [5, 5.41) is 16.7. The van der Waals surface area contributed by atoms with Crippen LogP contribution < -0.4 is 21.8 Å². The Balaban J connectivity index is 0.000000193. The van der Waals surface area contributed by atoms with E-state index in [1.54, 1.807) is 29.1 Å². The number of likely N-dealkylation sites (tertiary alicyclic amines) is 2. The standard InChI is InChI=1S/C22H23FN6O.C13H18FN3O.C9H11N3O.C2H6O.I2/c1-12-11-29-20(13(2)24-12)10-19(27-29)21-25-18-9-17(23)15(8-16(18)22(30)26-21)14-4-6-28(3)7-5-14;1-17-4-2-8(3-5-17)9-6-10(13(16)18)12(15)7-11(9)14;1-6-5-12-8(7(2)10-6)4-9(11-12)13-3;1-2-3;1-2/h8-11,14H,4-7H2,1-3H3,(H,25,26,30);6-8H,2-5,15H2,1H3,(H2,16,18);4-5H,1-3H3;3H,2H2,1H3;. The number of nitrogens with two attached hydrogens (primary N) is 2. The van der Waals surface area contributed by atoms with Crippen LogP contribution in [-0.4, -0.2) is 114 Å². The summed E-state index contributed by atoms with van der Waals surface area (Å²) >= 11 is 4.24. The molecule has 7 heterocycles. The van der Waals surface area contributed by atoms with Crippen molar-refractivity contribution in [1.82, 2.24) is 49.0 Å². The zero-order chi connectivity index (χ0) is 48.4. The molecule has 2 aliphatic rings. The summed E-state index contributed by atoms with van der Waals surface area (Å²) in [6.07, 6.45) is 7.24. The van der Waals surface area contributed by atoms with Crippen LogP contribution in [0.4, 0.5) is 14.5 Å². The number of primary amides is 1. The molecule has 9 rings (SSSR count). The number of amides is 1. The Morgan fingerprint density at radius 3 is 1.80 bits per heavy atom. The topological polar surface area (TPSA) is 211 Å². The third-order valence-electron chi connectivity index (χ3n) is 11.5. The van der Waals surface area contributed by atoms with Crippen LogP contribution in [0.5, 0.6) is 5.88 Å². The van der Waals surface area contributed by atoms with Crippen molar-refractivity contribution in [2.45, 2.75) is 72.1 Å². The Morgan fingerprint density at radius 1 is 0.803 bits per heavy atom. The number of ether oxygens (including phenoxy) is 1. The van der Waals surface area contributed by atoms with E-state index in [9.17, 15) is 18.4 Å². The van der Waals surface area contributed by atoms with Gasteiger partial charge in [-0.15, -0.1) is 5.10 Å². The molecule has 16 nitrogen and oxygen atoms in total. The molecule has 2 aromatic carbocycles. The number of nitrogens with one attached hydrogen (secondary N) is 1. The molecular weight excluding hydrogens is 1080 g/mol. The van der Waals surface area contributed by atoms with E-state index < -0.39 is 5.91 Å². The predicted molar refractivity (Wildman–Crippen MR) is 272 cm³/mol. The molecule has 2 saturated heterocycles. The van der Waals surface area contributed by atoms with Gasteiger partial charge in [-0.2, -0.15) is 5.10 Å². The molecule has 5 aromatic heterocycles. The zero-order valence-corrected chi connectivity index (χ0v) is 42.8. The number of halogens is 4. The fraction of sp³-hybridized carbons (Fsp3) is 0.413. The van der Waals surface area contributed by atoms with Crippen LogP contribution in [0.1, 0.15) is 88.7 Å². The lowest BCUT2D eigenvalue weighted by molar-refractivity contribution is 0.100. The van der Waals surface area contributed by atoms with Gasteiger partial charge in [-0.1, -0.05) is 0 Å². The lowest BCUT2D eigenvalue weighted by Gasteiger charge is -2.29. The van der Waals surface area contributed by atoms with Crippen molar-refractivity contribution in [3.63, 3.8) is 0 Å². The summed E-state index contributed by atoms with van der Waals surface area (Å²) in [7, 11) is 5.73.